The zero-order valence-corrected chi connectivity index (χ0v) is 13.3. The third-order valence-corrected chi connectivity index (χ3v) is 4.17. The normalized spacial score (nSPS) is 13.1. The van der Waals surface area contributed by atoms with Gasteiger partial charge in [0, 0.05) is 21.6 Å². The Morgan fingerprint density at radius 3 is 2.84 bits per heavy atom. The van der Waals surface area contributed by atoms with Crippen molar-refractivity contribution in [3.8, 4) is 0 Å². The van der Waals surface area contributed by atoms with Crippen LogP contribution in [0, 0.1) is 3.57 Å². The van der Waals surface area contributed by atoms with Gasteiger partial charge in [0.05, 0.1) is 5.02 Å². The lowest BCUT2D eigenvalue weighted by molar-refractivity contribution is 0.0937. The summed E-state index contributed by atoms with van der Waals surface area (Å²) in [4.78, 5) is 12.0. The number of carbonyl (C=O) groups is 1. The van der Waals surface area contributed by atoms with Gasteiger partial charge in [-0.2, -0.15) is 0 Å². The summed E-state index contributed by atoms with van der Waals surface area (Å²) in [6.45, 7) is 1.91. The highest BCUT2D eigenvalue weighted by Gasteiger charge is 2.14. The van der Waals surface area contributed by atoms with Gasteiger partial charge in [-0.15, -0.1) is 0 Å². The van der Waals surface area contributed by atoms with Crippen molar-refractivity contribution in [2.24, 2.45) is 10.9 Å². The lowest BCUT2D eigenvalue weighted by atomic mass is 10.1. The number of rotatable bonds is 5. The van der Waals surface area contributed by atoms with Crippen molar-refractivity contribution in [1.82, 2.24) is 5.32 Å². The Kier molecular flexibility index (Phi) is 6.36. The highest BCUT2D eigenvalue weighted by atomic mass is 127. The Labute approximate surface area is 130 Å². The Hall–Kier alpha value is -1.02. The highest BCUT2D eigenvalue weighted by molar-refractivity contribution is 14.1. The van der Waals surface area contributed by atoms with Gasteiger partial charge in [-0.3, -0.25) is 4.79 Å². The fraction of sp³-hybridized carbons (Fsp3) is 0.333. The summed E-state index contributed by atoms with van der Waals surface area (Å²) in [7, 11) is 0. The van der Waals surface area contributed by atoms with Gasteiger partial charge in [0.2, 0.25) is 0 Å². The standard InChI is InChI=1S/C12H15ClIN3O2/c1-2-8(6-11(15)17-19)16-12(18)7-3-4-10(14)9(13)5-7/h3-5,8,19H,2,6H2,1H3,(H2,15,17)(H,16,18). The zero-order valence-electron chi connectivity index (χ0n) is 10.4. The van der Waals surface area contributed by atoms with Crippen molar-refractivity contribution in [3.63, 3.8) is 0 Å². The molecule has 1 atom stereocenters. The summed E-state index contributed by atoms with van der Waals surface area (Å²) in [5.41, 5.74) is 5.92. The number of amides is 1. The maximum Gasteiger partial charge on any atom is 0.251 e. The SMILES string of the molecule is CCC(C/C(N)=N/O)NC(=O)c1ccc(I)c(Cl)c1. The molecule has 0 aliphatic heterocycles. The average molecular weight is 396 g/mol. The van der Waals surface area contributed by atoms with E-state index < -0.39 is 0 Å². The first-order valence-corrected chi connectivity index (χ1v) is 7.15. The Morgan fingerprint density at radius 2 is 2.32 bits per heavy atom. The molecule has 104 valence electrons. The molecule has 5 nitrogen and oxygen atoms in total. The molecule has 0 saturated heterocycles. The van der Waals surface area contributed by atoms with Crippen molar-refractivity contribution in [2.75, 3.05) is 0 Å². The number of carbonyl (C=O) groups excluding carboxylic acids is 1. The largest absolute Gasteiger partial charge is 0.409 e. The van der Waals surface area contributed by atoms with Gasteiger partial charge in [-0.05, 0) is 47.2 Å². The number of nitrogens with one attached hydrogen (secondary N) is 1. The van der Waals surface area contributed by atoms with Crippen LogP contribution in [0.2, 0.25) is 5.02 Å². The zero-order chi connectivity index (χ0) is 14.4. The molecule has 0 bridgehead atoms. The number of benzene rings is 1. The third kappa shape index (κ3) is 4.87. The number of halogens is 2. The minimum atomic E-state index is -0.226. The summed E-state index contributed by atoms with van der Waals surface area (Å²) in [6, 6.07) is 4.93. The van der Waals surface area contributed by atoms with E-state index in [0.29, 0.717) is 23.4 Å². The van der Waals surface area contributed by atoms with Crippen molar-refractivity contribution in [2.45, 2.75) is 25.8 Å². The number of nitrogens with zero attached hydrogens (tertiary/aromatic N) is 1. The number of hydrogen-bond donors (Lipinski definition) is 3. The molecule has 0 fully saturated rings. The molecule has 1 amide bonds. The number of hydrogen-bond acceptors (Lipinski definition) is 3. The molecule has 0 aliphatic carbocycles. The average Bonchev–Trinajstić information content (AvgIpc) is 2.40. The molecule has 0 heterocycles. The third-order valence-electron chi connectivity index (χ3n) is 2.59. The van der Waals surface area contributed by atoms with Gasteiger partial charge in [-0.1, -0.05) is 23.7 Å². The van der Waals surface area contributed by atoms with Crippen molar-refractivity contribution >= 4 is 45.9 Å². The van der Waals surface area contributed by atoms with E-state index in [9.17, 15) is 4.79 Å². The van der Waals surface area contributed by atoms with E-state index >= 15 is 0 Å². The number of oxime groups is 1. The molecule has 1 rings (SSSR count). The molecule has 0 aliphatic rings. The van der Waals surface area contributed by atoms with Crippen LogP contribution >= 0.6 is 34.2 Å². The minimum Gasteiger partial charge on any atom is -0.409 e. The molecule has 19 heavy (non-hydrogen) atoms. The van der Waals surface area contributed by atoms with E-state index in [1.807, 2.05) is 6.92 Å². The molecule has 1 unspecified atom stereocenters. The predicted octanol–water partition coefficient (Wildman–Crippen LogP) is 2.59. The summed E-state index contributed by atoms with van der Waals surface area (Å²) in [5, 5.41) is 14.8. The minimum absolute atomic E-state index is 0.0905. The molecular weight excluding hydrogens is 381 g/mol. The smallest absolute Gasteiger partial charge is 0.251 e. The van der Waals surface area contributed by atoms with Gasteiger partial charge in [0.25, 0.3) is 5.91 Å². The maximum absolute atomic E-state index is 12.0. The molecule has 0 aromatic heterocycles. The second-order valence-corrected chi connectivity index (χ2v) is 5.57. The molecule has 0 spiro atoms. The van der Waals surface area contributed by atoms with E-state index in [1.54, 1.807) is 18.2 Å². The van der Waals surface area contributed by atoms with Crippen LogP contribution < -0.4 is 11.1 Å². The number of amidine groups is 1. The van der Waals surface area contributed by atoms with E-state index in [1.165, 1.54) is 0 Å². The summed E-state index contributed by atoms with van der Waals surface area (Å²) in [6.07, 6.45) is 0.983. The van der Waals surface area contributed by atoms with Crippen LogP contribution in [0.5, 0.6) is 0 Å². The van der Waals surface area contributed by atoms with Crippen molar-refractivity contribution in [1.29, 1.82) is 0 Å². The van der Waals surface area contributed by atoms with E-state index in [-0.39, 0.29) is 17.8 Å². The molecule has 0 radical (unpaired) electrons. The van der Waals surface area contributed by atoms with E-state index in [2.05, 4.69) is 33.1 Å². The molecule has 1 aromatic carbocycles. The fourth-order valence-corrected chi connectivity index (χ4v) is 2.01. The lowest BCUT2D eigenvalue weighted by Gasteiger charge is -2.16. The number of nitrogens with two attached hydrogens (primary N) is 1. The van der Waals surface area contributed by atoms with Gasteiger partial charge >= 0.3 is 0 Å². The van der Waals surface area contributed by atoms with Crippen LogP contribution in [-0.4, -0.2) is 23.0 Å². The molecular formula is C12H15ClIN3O2. The summed E-state index contributed by atoms with van der Waals surface area (Å²) >= 11 is 8.07. The van der Waals surface area contributed by atoms with E-state index in [0.717, 1.165) is 3.57 Å². The molecule has 4 N–H and O–H groups in total. The summed E-state index contributed by atoms with van der Waals surface area (Å²) in [5.74, 6) is -0.135. The topological polar surface area (TPSA) is 87.7 Å². The van der Waals surface area contributed by atoms with Crippen molar-refractivity contribution in [3.05, 3.63) is 32.4 Å². The Bertz CT molecular complexity index is 494. The first-order valence-electron chi connectivity index (χ1n) is 5.70. The van der Waals surface area contributed by atoms with Gasteiger partial charge in [0.15, 0.2) is 0 Å². The van der Waals surface area contributed by atoms with Crippen LogP contribution in [0.25, 0.3) is 0 Å². The van der Waals surface area contributed by atoms with E-state index in [4.69, 9.17) is 22.5 Å². The van der Waals surface area contributed by atoms with Gasteiger partial charge < -0.3 is 16.3 Å². The quantitative estimate of drug-likeness (QED) is 0.235. The first kappa shape index (κ1) is 16.0. The Balaban J connectivity index is 2.74. The molecule has 1 aromatic rings. The fourth-order valence-electron chi connectivity index (χ4n) is 1.50. The molecule has 0 saturated carbocycles. The Morgan fingerprint density at radius 1 is 1.63 bits per heavy atom. The van der Waals surface area contributed by atoms with Crippen LogP contribution in [0.1, 0.15) is 30.1 Å². The maximum atomic E-state index is 12.0. The van der Waals surface area contributed by atoms with Crippen molar-refractivity contribution < 1.29 is 10.0 Å². The summed E-state index contributed by atoms with van der Waals surface area (Å²) < 4.78 is 0.888. The predicted molar refractivity (Wildman–Crippen MR) is 83.7 cm³/mol. The first-order chi connectivity index (χ1) is 8.97. The second kappa shape index (κ2) is 7.54. The monoisotopic (exact) mass is 395 g/mol. The van der Waals surface area contributed by atoms with Gasteiger partial charge in [0.1, 0.15) is 5.84 Å². The second-order valence-electron chi connectivity index (χ2n) is 4.00. The highest BCUT2D eigenvalue weighted by Crippen LogP contribution is 2.19. The van der Waals surface area contributed by atoms with Crippen LogP contribution in [0.4, 0.5) is 0 Å². The molecule has 7 heteroatoms. The van der Waals surface area contributed by atoms with Crippen LogP contribution in [-0.2, 0) is 0 Å². The van der Waals surface area contributed by atoms with Gasteiger partial charge in [-0.25, -0.2) is 0 Å². The van der Waals surface area contributed by atoms with Crippen LogP contribution in [0.15, 0.2) is 23.4 Å². The van der Waals surface area contributed by atoms with Crippen LogP contribution in [0.3, 0.4) is 0 Å². The lowest BCUT2D eigenvalue weighted by Crippen LogP contribution is -2.37.